The van der Waals surface area contributed by atoms with Crippen molar-refractivity contribution in [3.05, 3.63) is 62.6 Å². The first-order chi connectivity index (χ1) is 9.91. The van der Waals surface area contributed by atoms with Gasteiger partial charge in [-0.3, -0.25) is 0 Å². The van der Waals surface area contributed by atoms with E-state index in [-0.39, 0.29) is 26.3 Å². The van der Waals surface area contributed by atoms with Gasteiger partial charge in [-0.25, -0.2) is 13.6 Å². The van der Waals surface area contributed by atoms with E-state index >= 15 is 0 Å². The topological polar surface area (TPSA) is 52.3 Å². The van der Waals surface area contributed by atoms with Crippen molar-refractivity contribution in [2.45, 2.75) is 6.61 Å². The van der Waals surface area contributed by atoms with Gasteiger partial charge >= 0.3 is 5.97 Å². The van der Waals surface area contributed by atoms with Crippen LogP contribution in [0.25, 0.3) is 0 Å². The average Bonchev–Trinajstić information content (AvgIpc) is 2.46. The lowest BCUT2D eigenvalue weighted by Crippen LogP contribution is -2.09. The van der Waals surface area contributed by atoms with Crippen LogP contribution in [0.3, 0.4) is 0 Å². The number of carbonyl (C=O) groups is 1. The minimum absolute atomic E-state index is 0.0347. The molecule has 0 saturated heterocycles. The van der Waals surface area contributed by atoms with Crippen molar-refractivity contribution in [3.8, 4) is 0 Å². The van der Waals surface area contributed by atoms with Crippen LogP contribution in [-0.4, -0.2) is 5.97 Å². The summed E-state index contributed by atoms with van der Waals surface area (Å²) in [5, 5.41) is 0.0395. The highest BCUT2D eigenvalue weighted by atomic mass is 79.9. The lowest BCUT2D eigenvalue weighted by atomic mass is 10.2. The van der Waals surface area contributed by atoms with Crippen molar-refractivity contribution in [1.82, 2.24) is 0 Å². The van der Waals surface area contributed by atoms with E-state index in [2.05, 4.69) is 15.9 Å². The molecule has 0 aromatic heterocycles. The third-order valence-corrected chi connectivity index (χ3v) is 3.77. The highest BCUT2D eigenvalue weighted by Gasteiger charge is 2.17. The number of ether oxygens (including phenoxy) is 1. The van der Waals surface area contributed by atoms with E-state index in [9.17, 15) is 13.6 Å². The Hall–Kier alpha value is -1.66. The first-order valence-corrected chi connectivity index (χ1v) is 6.92. The van der Waals surface area contributed by atoms with Crippen molar-refractivity contribution >= 4 is 39.2 Å². The average molecular weight is 377 g/mol. The molecule has 0 saturated carbocycles. The summed E-state index contributed by atoms with van der Waals surface area (Å²) >= 11 is 8.81. The van der Waals surface area contributed by atoms with E-state index in [1.165, 1.54) is 24.3 Å². The number of halogens is 4. The van der Waals surface area contributed by atoms with Crippen LogP contribution in [0.5, 0.6) is 0 Å². The van der Waals surface area contributed by atoms with Crippen LogP contribution in [0, 0.1) is 11.6 Å². The fourth-order valence-corrected chi connectivity index (χ4v) is 2.20. The van der Waals surface area contributed by atoms with Crippen LogP contribution in [0.1, 0.15) is 15.9 Å². The summed E-state index contributed by atoms with van der Waals surface area (Å²) in [5.74, 6) is -2.44. The molecular weight excluding hydrogens is 368 g/mol. The zero-order valence-electron chi connectivity index (χ0n) is 10.5. The highest BCUT2D eigenvalue weighted by molar-refractivity contribution is 9.10. The summed E-state index contributed by atoms with van der Waals surface area (Å²) in [5.41, 5.74) is 5.47. The lowest BCUT2D eigenvalue weighted by Gasteiger charge is -2.09. The zero-order chi connectivity index (χ0) is 15.6. The molecule has 0 aliphatic heterocycles. The number of nitrogens with two attached hydrogens (primary N) is 1. The molecule has 0 radical (unpaired) electrons. The fraction of sp³-hybridized carbons (Fsp3) is 0.0714. The molecule has 0 atom stereocenters. The third kappa shape index (κ3) is 3.33. The van der Waals surface area contributed by atoms with E-state index in [4.69, 9.17) is 22.1 Å². The lowest BCUT2D eigenvalue weighted by molar-refractivity contribution is 0.0465. The second-order valence-electron chi connectivity index (χ2n) is 4.11. The van der Waals surface area contributed by atoms with Gasteiger partial charge in [-0.1, -0.05) is 17.7 Å². The van der Waals surface area contributed by atoms with Crippen LogP contribution in [0.4, 0.5) is 14.5 Å². The smallest absolute Gasteiger partial charge is 0.340 e. The predicted molar refractivity (Wildman–Crippen MR) is 79.0 cm³/mol. The van der Waals surface area contributed by atoms with Crippen LogP contribution < -0.4 is 5.73 Å². The minimum Gasteiger partial charge on any atom is -0.457 e. The maximum absolute atomic E-state index is 13.7. The Morgan fingerprint density at radius 1 is 1.29 bits per heavy atom. The Bertz CT molecular complexity index is 710. The quantitative estimate of drug-likeness (QED) is 0.493. The minimum atomic E-state index is -0.818. The normalized spacial score (nSPS) is 10.5. The number of rotatable bonds is 3. The molecule has 0 unspecified atom stereocenters. The molecule has 0 bridgehead atoms. The van der Waals surface area contributed by atoms with Crippen molar-refractivity contribution in [2.75, 3.05) is 5.73 Å². The number of carbonyl (C=O) groups excluding carboxylic acids is 1. The van der Waals surface area contributed by atoms with E-state index in [0.29, 0.717) is 0 Å². The second-order valence-corrected chi connectivity index (χ2v) is 5.34. The van der Waals surface area contributed by atoms with Gasteiger partial charge < -0.3 is 10.5 Å². The molecule has 21 heavy (non-hydrogen) atoms. The molecular formula is C14H9BrClF2NO2. The monoisotopic (exact) mass is 375 g/mol. The van der Waals surface area contributed by atoms with Crippen molar-refractivity contribution in [2.24, 2.45) is 0 Å². The van der Waals surface area contributed by atoms with Gasteiger partial charge in [0.1, 0.15) is 18.2 Å². The molecule has 0 fully saturated rings. The number of hydrogen-bond donors (Lipinski definition) is 1. The first-order valence-electron chi connectivity index (χ1n) is 5.75. The highest BCUT2D eigenvalue weighted by Crippen LogP contribution is 2.25. The van der Waals surface area contributed by atoms with Crippen molar-refractivity contribution in [1.29, 1.82) is 0 Å². The summed E-state index contributed by atoms with van der Waals surface area (Å²) in [6.07, 6.45) is 0. The summed E-state index contributed by atoms with van der Waals surface area (Å²) in [6.45, 7) is -0.554. The van der Waals surface area contributed by atoms with Gasteiger partial charge in [0.2, 0.25) is 0 Å². The number of benzene rings is 2. The van der Waals surface area contributed by atoms with Gasteiger partial charge in [-0.15, -0.1) is 0 Å². The molecule has 7 heteroatoms. The number of hydrogen-bond acceptors (Lipinski definition) is 3. The Morgan fingerprint density at radius 3 is 2.71 bits per heavy atom. The summed E-state index contributed by atoms with van der Waals surface area (Å²) in [6, 6.07) is 6.76. The van der Waals surface area contributed by atoms with Crippen LogP contribution in [0.2, 0.25) is 5.02 Å². The maximum atomic E-state index is 13.7. The van der Waals surface area contributed by atoms with Gasteiger partial charge in [-0.2, -0.15) is 0 Å². The standard InChI is InChI=1S/C14H9BrClF2NO2/c15-9-4-5-10(17)8(13(9)18)6-21-14(20)7-2-1-3-11(19)12(7)16/h1-5H,6,19H2. The van der Waals surface area contributed by atoms with E-state index in [1.54, 1.807) is 0 Å². The van der Waals surface area contributed by atoms with Gasteiger partial charge in [0.05, 0.1) is 26.3 Å². The van der Waals surface area contributed by atoms with Gasteiger partial charge in [0.15, 0.2) is 0 Å². The number of anilines is 1. The molecule has 110 valence electrons. The molecule has 2 rings (SSSR count). The van der Waals surface area contributed by atoms with E-state index < -0.39 is 24.2 Å². The van der Waals surface area contributed by atoms with E-state index in [0.717, 1.165) is 6.07 Å². The van der Waals surface area contributed by atoms with Crippen molar-refractivity contribution < 1.29 is 18.3 Å². The molecule has 0 spiro atoms. The molecule has 3 nitrogen and oxygen atoms in total. The SMILES string of the molecule is Nc1cccc(C(=O)OCc2c(F)ccc(Br)c2F)c1Cl. The van der Waals surface area contributed by atoms with Gasteiger partial charge in [-0.05, 0) is 40.2 Å². The predicted octanol–water partition coefficient (Wildman–Crippen LogP) is 4.32. The Balaban J connectivity index is 2.19. The largest absolute Gasteiger partial charge is 0.457 e. The molecule has 2 N–H and O–H groups in total. The van der Waals surface area contributed by atoms with Crippen molar-refractivity contribution in [3.63, 3.8) is 0 Å². The zero-order valence-corrected chi connectivity index (χ0v) is 12.8. The number of nitrogen functional groups attached to an aromatic ring is 1. The van der Waals surface area contributed by atoms with Crippen LogP contribution >= 0.6 is 27.5 Å². The summed E-state index contributed by atoms with van der Waals surface area (Å²) in [7, 11) is 0. The maximum Gasteiger partial charge on any atom is 0.340 e. The van der Waals surface area contributed by atoms with Crippen LogP contribution in [0.15, 0.2) is 34.8 Å². The summed E-state index contributed by atoms with van der Waals surface area (Å²) in [4.78, 5) is 11.9. The molecule has 0 aliphatic carbocycles. The van der Waals surface area contributed by atoms with Crippen LogP contribution in [-0.2, 0) is 11.3 Å². The number of esters is 1. The Morgan fingerprint density at radius 2 is 2.00 bits per heavy atom. The fourth-order valence-electron chi connectivity index (χ4n) is 1.62. The first kappa shape index (κ1) is 15.7. The second kappa shape index (κ2) is 6.41. The van der Waals surface area contributed by atoms with E-state index in [1.807, 2.05) is 0 Å². The van der Waals surface area contributed by atoms with Gasteiger partial charge in [0, 0.05) is 0 Å². The molecule has 0 heterocycles. The third-order valence-electron chi connectivity index (χ3n) is 2.74. The molecule has 0 amide bonds. The summed E-state index contributed by atoms with van der Waals surface area (Å²) < 4.78 is 32.2. The Kier molecular flexibility index (Phi) is 4.80. The van der Waals surface area contributed by atoms with Gasteiger partial charge in [0.25, 0.3) is 0 Å². The Labute approximate surface area is 132 Å². The molecule has 2 aromatic rings. The molecule has 0 aliphatic rings. The molecule has 2 aromatic carbocycles.